The van der Waals surface area contributed by atoms with E-state index in [0.29, 0.717) is 35.6 Å². The van der Waals surface area contributed by atoms with Gasteiger partial charge < -0.3 is 19.1 Å². The number of likely N-dealkylation sites (tertiary alicyclic amines) is 1. The van der Waals surface area contributed by atoms with Gasteiger partial charge in [0.15, 0.2) is 11.5 Å². The Morgan fingerprint density at radius 3 is 2.95 bits per heavy atom. The van der Waals surface area contributed by atoms with Gasteiger partial charge in [-0.1, -0.05) is 0 Å². The van der Waals surface area contributed by atoms with E-state index in [1.165, 1.54) is 0 Å². The Balaban J connectivity index is 1.51. The molecule has 0 radical (unpaired) electrons. The fourth-order valence-electron chi connectivity index (χ4n) is 3.38. The van der Waals surface area contributed by atoms with Gasteiger partial charge in [0, 0.05) is 24.6 Å². The molecule has 3 atom stereocenters. The summed E-state index contributed by atoms with van der Waals surface area (Å²) in [5.74, 6) is 1.90. The fourth-order valence-corrected chi connectivity index (χ4v) is 3.38. The molecule has 2 fully saturated rings. The minimum Gasteiger partial charge on any atom is -0.454 e. The molecule has 0 unspecified atom stereocenters. The Labute approximate surface area is 117 Å². The molecular weight excluding hydrogens is 258 g/mol. The maximum absolute atomic E-state index is 12.5. The van der Waals surface area contributed by atoms with Gasteiger partial charge in [-0.15, -0.1) is 0 Å². The number of amides is 1. The second kappa shape index (κ2) is 4.38. The van der Waals surface area contributed by atoms with Crippen LogP contribution in [-0.4, -0.2) is 42.9 Å². The second-order valence-corrected chi connectivity index (χ2v) is 5.76. The lowest BCUT2D eigenvalue weighted by atomic mass is 10.0. The molecule has 106 valence electrons. The highest BCUT2D eigenvalue weighted by molar-refractivity contribution is 5.95. The summed E-state index contributed by atoms with van der Waals surface area (Å²) in [6, 6.07) is 5.36. The van der Waals surface area contributed by atoms with Crippen LogP contribution in [-0.2, 0) is 4.74 Å². The van der Waals surface area contributed by atoms with E-state index in [1.807, 2.05) is 4.90 Å². The molecule has 5 heteroatoms. The first-order valence-electron chi connectivity index (χ1n) is 7.05. The van der Waals surface area contributed by atoms with Gasteiger partial charge in [-0.25, -0.2) is 0 Å². The predicted octanol–water partition coefficient (Wildman–Crippen LogP) is 1.66. The second-order valence-electron chi connectivity index (χ2n) is 5.76. The van der Waals surface area contributed by atoms with Crippen molar-refractivity contribution in [2.45, 2.75) is 25.6 Å². The van der Waals surface area contributed by atoms with Gasteiger partial charge >= 0.3 is 0 Å². The number of benzene rings is 1. The third-order valence-corrected chi connectivity index (χ3v) is 4.33. The summed E-state index contributed by atoms with van der Waals surface area (Å²) in [4.78, 5) is 14.4. The summed E-state index contributed by atoms with van der Waals surface area (Å²) >= 11 is 0. The van der Waals surface area contributed by atoms with Crippen LogP contribution in [0.25, 0.3) is 0 Å². The first kappa shape index (κ1) is 12.0. The molecule has 5 nitrogen and oxygen atoms in total. The maximum atomic E-state index is 12.5. The number of fused-ring (bicyclic) bond motifs is 2. The molecule has 0 bridgehead atoms. The molecular formula is C15H17NO4. The van der Waals surface area contributed by atoms with Gasteiger partial charge in [0.2, 0.25) is 6.79 Å². The summed E-state index contributed by atoms with van der Waals surface area (Å²) in [7, 11) is 0. The monoisotopic (exact) mass is 275 g/mol. The van der Waals surface area contributed by atoms with Crippen molar-refractivity contribution in [1.29, 1.82) is 0 Å². The molecule has 1 amide bonds. The van der Waals surface area contributed by atoms with Gasteiger partial charge in [0.25, 0.3) is 5.91 Å². The van der Waals surface area contributed by atoms with E-state index in [4.69, 9.17) is 14.2 Å². The van der Waals surface area contributed by atoms with Gasteiger partial charge in [-0.05, 0) is 31.5 Å². The van der Waals surface area contributed by atoms with Crippen LogP contribution in [0.3, 0.4) is 0 Å². The van der Waals surface area contributed by atoms with Crippen LogP contribution in [0.1, 0.15) is 23.7 Å². The Kier molecular flexibility index (Phi) is 2.63. The molecule has 0 saturated carbocycles. The zero-order valence-electron chi connectivity index (χ0n) is 11.4. The van der Waals surface area contributed by atoms with E-state index in [0.717, 1.165) is 13.0 Å². The summed E-state index contributed by atoms with van der Waals surface area (Å²) in [6.07, 6.45) is 1.59. The van der Waals surface area contributed by atoms with Crippen LogP contribution < -0.4 is 9.47 Å². The van der Waals surface area contributed by atoms with Crippen molar-refractivity contribution < 1.29 is 19.0 Å². The lowest BCUT2D eigenvalue weighted by Gasteiger charge is -2.18. The number of hydrogen-bond acceptors (Lipinski definition) is 4. The molecule has 3 aliphatic rings. The summed E-state index contributed by atoms with van der Waals surface area (Å²) in [5, 5.41) is 0. The third-order valence-electron chi connectivity index (χ3n) is 4.33. The largest absolute Gasteiger partial charge is 0.454 e. The molecule has 3 heterocycles. The van der Waals surface area contributed by atoms with Crippen LogP contribution in [0.15, 0.2) is 18.2 Å². The molecule has 3 aliphatic heterocycles. The highest BCUT2D eigenvalue weighted by Crippen LogP contribution is 2.35. The lowest BCUT2D eigenvalue weighted by Crippen LogP contribution is -2.31. The minimum absolute atomic E-state index is 0.0500. The van der Waals surface area contributed by atoms with Crippen molar-refractivity contribution >= 4 is 5.91 Å². The van der Waals surface area contributed by atoms with Crippen molar-refractivity contribution in [3.8, 4) is 11.5 Å². The number of carbonyl (C=O) groups is 1. The van der Waals surface area contributed by atoms with E-state index in [9.17, 15) is 4.79 Å². The van der Waals surface area contributed by atoms with Crippen molar-refractivity contribution in [2.75, 3.05) is 19.9 Å². The number of rotatable bonds is 1. The van der Waals surface area contributed by atoms with E-state index in [1.54, 1.807) is 18.2 Å². The molecule has 0 N–H and O–H groups in total. The van der Waals surface area contributed by atoms with E-state index in [2.05, 4.69) is 6.92 Å². The third kappa shape index (κ3) is 1.85. The summed E-state index contributed by atoms with van der Waals surface area (Å²) in [5.41, 5.74) is 0.655. The Morgan fingerprint density at radius 2 is 2.10 bits per heavy atom. The number of nitrogens with zero attached hydrogens (tertiary/aromatic N) is 1. The van der Waals surface area contributed by atoms with E-state index in [-0.39, 0.29) is 18.8 Å². The van der Waals surface area contributed by atoms with Crippen LogP contribution in [0.4, 0.5) is 0 Å². The van der Waals surface area contributed by atoms with Gasteiger partial charge in [0.1, 0.15) is 0 Å². The summed E-state index contributed by atoms with van der Waals surface area (Å²) < 4.78 is 16.4. The van der Waals surface area contributed by atoms with Crippen LogP contribution >= 0.6 is 0 Å². The maximum Gasteiger partial charge on any atom is 0.254 e. The lowest BCUT2D eigenvalue weighted by molar-refractivity contribution is 0.0443. The van der Waals surface area contributed by atoms with Crippen molar-refractivity contribution in [2.24, 2.45) is 5.92 Å². The Morgan fingerprint density at radius 1 is 1.25 bits per heavy atom. The van der Waals surface area contributed by atoms with Crippen LogP contribution in [0.5, 0.6) is 11.5 Å². The highest BCUT2D eigenvalue weighted by Gasteiger charge is 2.42. The predicted molar refractivity (Wildman–Crippen MR) is 70.9 cm³/mol. The van der Waals surface area contributed by atoms with Gasteiger partial charge in [-0.3, -0.25) is 4.79 Å². The SMILES string of the molecule is C[C@@H]1C[C@H]2CN(C(=O)c3ccc4c(c3)OCO4)C[C@H]2O1. The molecule has 0 spiro atoms. The van der Waals surface area contributed by atoms with Gasteiger partial charge in [0.05, 0.1) is 12.2 Å². The molecule has 0 aliphatic carbocycles. The van der Waals surface area contributed by atoms with Crippen molar-refractivity contribution in [3.05, 3.63) is 23.8 Å². The normalized spacial score (nSPS) is 30.6. The zero-order chi connectivity index (χ0) is 13.7. The van der Waals surface area contributed by atoms with Crippen molar-refractivity contribution in [3.63, 3.8) is 0 Å². The molecule has 20 heavy (non-hydrogen) atoms. The quantitative estimate of drug-likeness (QED) is 0.782. The number of carbonyl (C=O) groups excluding carboxylic acids is 1. The standard InChI is InChI=1S/C15H17NO4/c1-9-4-11-6-16(7-14(11)20-9)15(17)10-2-3-12-13(5-10)19-8-18-12/h2-3,5,9,11,14H,4,6-8H2,1H3/t9-,11+,14-/m1/s1. The Hall–Kier alpha value is -1.75. The average Bonchev–Trinajstić information content (AvgIpc) is 3.09. The molecule has 2 saturated heterocycles. The minimum atomic E-state index is 0.0500. The fraction of sp³-hybridized carbons (Fsp3) is 0.533. The Bertz CT molecular complexity index is 545. The number of ether oxygens (including phenoxy) is 3. The molecule has 4 rings (SSSR count). The smallest absolute Gasteiger partial charge is 0.254 e. The van der Waals surface area contributed by atoms with E-state index >= 15 is 0 Å². The molecule has 1 aromatic rings. The molecule has 0 aromatic heterocycles. The van der Waals surface area contributed by atoms with E-state index < -0.39 is 0 Å². The van der Waals surface area contributed by atoms with Crippen LogP contribution in [0, 0.1) is 5.92 Å². The average molecular weight is 275 g/mol. The van der Waals surface area contributed by atoms with Gasteiger partial charge in [-0.2, -0.15) is 0 Å². The van der Waals surface area contributed by atoms with Crippen molar-refractivity contribution in [1.82, 2.24) is 4.90 Å². The molecule has 1 aromatic carbocycles. The first-order valence-corrected chi connectivity index (χ1v) is 7.05. The van der Waals surface area contributed by atoms with Crippen LogP contribution in [0.2, 0.25) is 0 Å². The summed E-state index contributed by atoms with van der Waals surface area (Å²) in [6.45, 7) is 3.82. The first-order chi connectivity index (χ1) is 9.70. The topological polar surface area (TPSA) is 48.0 Å². The zero-order valence-corrected chi connectivity index (χ0v) is 11.4. The highest BCUT2D eigenvalue weighted by atomic mass is 16.7. The number of hydrogen-bond donors (Lipinski definition) is 0.